The molecule has 0 aliphatic carbocycles. The van der Waals surface area contributed by atoms with Crippen molar-refractivity contribution in [2.24, 2.45) is 5.92 Å². The zero-order chi connectivity index (χ0) is 26.8. The lowest BCUT2D eigenvalue weighted by Gasteiger charge is -2.31. The lowest BCUT2D eigenvalue weighted by molar-refractivity contribution is -0.133. The zero-order valence-corrected chi connectivity index (χ0v) is 22.3. The Morgan fingerprint density at radius 2 is 1.81 bits per heavy atom. The van der Waals surface area contributed by atoms with E-state index in [1.54, 1.807) is 50.4 Å². The van der Waals surface area contributed by atoms with Crippen molar-refractivity contribution in [3.63, 3.8) is 0 Å². The Hall–Kier alpha value is -2.68. The monoisotopic (exact) mass is 533 g/mol. The maximum absolute atomic E-state index is 13.3. The summed E-state index contributed by atoms with van der Waals surface area (Å²) >= 11 is 0.734. The average molecular weight is 534 g/mol. The molecular formula is C29H34F3NO3S. The van der Waals surface area contributed by atoms with Gasteiger partial charge in [0.15, 0.2) is 0 Å². The van der Waals surface area contributed by atoms with Crippen molar-refractivity contribution in [1.29, 1.82) is 0 Å². The van der Waals surface area contributed by atoms with Gasteiger partial charge in [0.1, 0.15) is 23.0 Å². The number of aryl methyl sites for hydroxylation is 1. The summed E-state index contributed by atoms with van der Waals surface area (Å²) in [7, 11) is 1.74. The van der Waals surface area contributed by atoms with Crippen LogP contribution in [0.1, 0.15) is 35.1 Å². The summed E-state index contributed by atoms with van der Waals surface area (Å²) in [5.74, 6) is 1.53. The molecule has 4 rings (SSSR count). The molecule has 4 nitrogen and oxygen atoms in total. The van der Waals surface area contributed by atoms with Crippen molar-refractivity contribution in [1.82, 2.24) is 4.90 Å². The topological polar surface area (TPSA) is 38.8 Å². The Kier molecular flexibility index (Phi) is 10.7. The van der Waals surface area contributed by atoms with Gasteiger partial charge in [0.05, 0.1) is 13.2 Å². The maximum Gasteiger partial charge on any atom is 0.426 e. The minimum Gasteiger partial charge on any atom is -0.488 e. The standard InChI is InChI=1S/C19H15F3OS.C10H19NO2/c1-13-7-9-15(10-8-13)23-12-16-11-17(14-5-3-2-4-6-14)18(24-16)19(20,21)22;1-9(12)6-11-5-3-4-10(7-11)8-13-2/h2-11H,12H2,1H3;10H,3-8H2,1-2H3. The molecule has 2 heterocycles. The fourth-order valence-electron chi connectivity index (χ4n) is 4.33. The number of nitrogens with zero attached hydrogens (tertiary/aromatic N) is 1. The quantitative estimate of drug-likeness (QED) is 0.306. The lowest BCUT2D eigenvalue weighted by atomic mass is 9.99. The largest absolute Gasteiger partial charge is 0.488 e. The fraction of sp³-hybridized carbons (Fsp3) is 0.414. The number of rotatable bonds is 8. The number of Topliss-reactive ketones (excluding diaryl/α,β-unsaturated/α-hetero) is 1. The van der Waals surface area contributed by atoms with Crippen LogP contribution < -0.4 is 4.74 Å². The van der Waals surface area contributed by atoms with Crippen LogP contribution in [0, 0.1) is 12.8 Å². The number of piperidine rings is 1. The first kappa shape index (κ1) is 28.9. The van der Waals surface area contributed by atoms with Crippen LogP contribution in [0.25, 0.3) is 11.1 Å². The van der Waals surface area contributed by atoms with E-state index in [0.29, 0.717) is 28.7 Å². The number of carbonyl (C=O) groups excluding carboxylic acids is 1. The molecule has 1 unspecified atom stereocenters. The van der Waals surface area contributed by atoms with Gasteiger partial charge in [-0.3, -0.25) is 9.69 Å². The summed E-state index contributed by atoms with van der Waals surface area (Å²) in [6, 6.07) is 17.6. The van der Waals surface area contributed by atoms with Gasteiger partial charge in [-0.05, 0) is 62.9 Å². The van der Waals surface area contributed by atoms with E-state index in [1.807, 2.05) is 31.2 Å². The van der Waals surface area contributed by atoms with Crippen LogP contribution in [0.2, 0.25) is 0 Å². The summed E-state index contributed by atoms with van der Waals surface area (Å²) in [5, 5.41) is 0. The van der Waals surface area contributed by atoms with Gasteiger partial charge in [-0.1, -0.05) is 48.0 Å². The van der Waals surface area contributed by atoms with E-state index in [2.05, 4.69) is 4.90 Å². The second kappa shape index (κ2) is 13.7. The minimum absolute atomic E-state index is 0.115. The molecule has 1 aliphatic rings. The van der Waals surface area contributed by atoms with E-state index in [-0.39, 0.29) is 18.0 Å². The normalized spacial score (nSPS) is 16.1. The third-order valence-corrected chi connectivity index (χ3v) is 7.13. The van der Waals surface area contributed by atoms with Crippen LogP contribution in [0.3, 0.4) is 0 Å². The van der Waals surface area contributed by atoms with Crippen LogP contribution >= 0.6 is 11.3 Å². The molecule has 37 heavy (non-hydrogen) atoms. The number of benzene rings is 2. The molecule has 0 saturated carbocycles. The molecule has 1 aliphatic heterocycles. The van der Waals surface area contributed by atoms with Crippen LogP contribution in [0.4, 0.5) is 13.2 Å². The second-order valence-corrected chi connectivity index (χ2v) is 10.5. The zero-order valence-electron chi connectivity index (χ0n) is 21.5. The van der Waals surface area contributed by atoms with E-state index in [9.17, 15) is 18.0 Å². The number of hydrogen-bond donors (Lipinski definition) is 0. The van der Waals surface area contributed by atoms with Crippen molar-refractivity contribution in [3.05, 3.63) is 76.0 Å². The molecule has 1 fully saturated rings. The van der Waals surface area contributed by atoms with E-state index in [0.717, 1.165) is 36.6 Å². The molecule has 0 spiro atoms. The van der Waals surface area contributed by atoms with Gasteiger partial charge in [0.2, 0.25) is 0 Å². The highest BCUT2D eigenvalue weighted by molar-refractivity contribution is 7.12. The number of thiophene rings is 1. The second-order valence-electron chi connectivity index (χ2n) is 9.32. The SMILES string of the molecule is COCC1CCCN(CC(C)=O)C1.Cc1ccc(OCc2cc(-c3ccccc3)c(C(F)(F)F)s2)cc1. The van der Waals surface area contributed by atoms with Gasteiger partial charge in [0.25, 0.3) is 0 Å². The number of likely N-dealkylation sites (tertiary alicyclic amines) is 1. The molecule has 1 aromatic heterocycles. The first-order valence-electron chi connectivity index (χ1n) is 12.3. The van der Waals surface area contributed by atoms with Crippen molar-refractivity contribution < 1.29 is 27.4 Å². The number of halogens is 3. The molecule has 1 saturated heterocycles. The average Bonchev–Trinajstić information content (AvgIpc) is 3.30. The Morgan fingerprint density at radius 1 is 1.11 bits per heavy atom. The van der Waals surface area contributed by atoms with Gasteiger partial charge < -0.3 is 9.47 Å². The summed E-state index contributed by atoms with van der Waals surface area (Å²) in [5.41, 5.74) is 1.86. The highest BCUT2D eigenvalue weighted by Crippen LogP contribution is 2.43. The number of alkyl halides is 3. The van der Waals surface area contributed by atoms with Gasteiger partial charge in [-0.15, -0.1) is 11.3 Å². The van der Waals surface area contributed by atoms with E-state index >= 15 is 0 Å². The molecule has 2 aromatic carbocycles. The van der Waals surface area contributed by atoms with Crippen molar-refractivity contribution in [2.45, 2.75) is 39.5 Å². The predicted molar refractivity (Wildman–Crippen MR) is 142 cm³/mol. The molecule has 200 valence electrons. The number of ketones is 1. The van der Waals surface area contributed by atoms with Crippen LogP contribution in [0.15, 0.2) is 60.7 Å². The molecular weight excluding hydrogens is 499 g/mol. The number of carbonyl (C=O) groups is 1. The van der Waals surface area contributed by atoms with Crippen molar-refractivity contribution in [3.8, 4) is 16.9 Å². The predicted octanol–water partition coefficient (Wildman–Crippen LogP) is 7.26. The smallest absolute Gasteiger partial charge is 0.426 e. The summed E-state index contributed by atoms with van der Waals surface area (Å²) < 4.78 is 50.7. The number of hydrogen-bond acceptors (Lipinski definition) is 5. The molecule has 8 heteroatoms. The highest BCUT2D eigenvalue weighted by Gasteiger charge is 2.36. The Bertz CT molecular complexity index is 1110. The third kappa shape index (κ3) is 9.29. The number of methoxy groups -OCH3 is 1. The third-order valence-electron chi connectivity index (χ3n) is 5.98. The van der Waals surface area contributed by atoms with Crippen LogP contribution in [-0.2, 0) is 22.3 Å². The van der Waals surface area contributed by atoms with E-state index in [1.165, 1.54) is 12.8 Å². The van der Waals surface area contributed by atoms with Crippen molar-refractivity contribution in [2.75, 3.05) is 33.4 Å². The lowest BCUT2D eigenvalue weighted by Crippen LogP contribution is -2.39. The molecule has 0 amide bonds. The Morgan fingerprint density at radius 3 is 2.43 bits per heavy atom. The van der Waals surface area contributed by atoms with Gasteiger partial charge >= 0.3 is 6.18 Å². The summed E-state index contributed by atoms with van der Waals surface area (Å²) in [6.07, 6.45) is -1.94. The van der Waals surface area contributed by atoms with Crippen LogP contribution in [0.5, 0.6) is 5.75 Å². The molecule has 3 aromatic rings. The highest BCUT2D eigenvalue weighted by atomic mass is 32.1. The summed E-state index contributed by atoms with van der Waals surface area (Å²) in [4.78, 5) is 13.1. The van der Waals surface area contributed by atoms with Gasteiger partial charge in [0, 0.05) is 24.1 Å². The molecule has 0 N–H and O–H groups in total. The van der Waals surface area contributed by atoms with Crippen LogP contribution in [-0.4, -0.2) is 44.0 Å². The fourth-order valence-corrected chi connectivity index (χ4v) is 5.29. The minimum atomic E-state index is -4.38. The maximum atomic E-state index is 13.3. The molecule has 0 bridgehead atoms. The Balaban J connectivity index is 0.000000248. The van der Waals surface area contributed by atoms with E-state index < -0.39 is 11.1 Å². The first-order chi connectivity index (χ1) is 17.7. The molecule has 0 radical (unpaired) electrons. The van der Waals surface area contributed by atoms with E-state index in [4.69, 9.17) is 9.47 Å². The van der Waals surface area contributed by atoms with Gasteiger partial charge in [-0.25, -0.2) is 0 Å². The Labute approximate surface area is 221 Å². The van der Waals surface area contributed by atoms with Gasteiger partial charge in [-0.2, -0.15) is 13.2 Å². The number of ether oxygens (including phenoxy) is 2. The van der Waals surface area contributed by atoms with Crippen molar-refractivity contribution >= 4 is 17.1 Å². The molecule has 1 atom stereocenters. The first-order valence-corrected chi connectivity index (χ1v) is 13.1. The summed E-state index contributed by atoms with van der Waals surface area (Å²) in [6.45, 7) is 7.26.